The Bertz CT molecular complexity index is 566. The molecule has 0 saturated heterocycles. The van der Waals surface area contributed by atoms with Crippen LogP contribution in [-0.4, -0.2) is 10.9 Å². The van der Waals surface area contributed by atoms with E-state index in [9.17, 15) is 4.79 Å². The van der Waals surface area contributed by atoms with E-state index in [4.69, 9.17) is 0 Å². The van der Waals surface area contributed by atoms with Crippen LogP contribution in [0.25, 0.3) is 0 Å². The summed E-state index contributed by atoms with van der Waals surface area (Å²) in [6, 6.07) is 6.13. The first kappa shape index (κ1) is 13.5. The fraction of sp³-hybridized carbons (Fsp3) is 0.286. The van der Waals surface area contributed by atoms with Gasteiger partial charge in [0.15, 0.2) is 0 Å². The van der Waals surface area contributed by atoms with Gasteiger partial charge in [-0.1, -0.05) is 0 Å². The molecule has 2 aromatic rings. The third kappa shape index (κ3) is 3.54. The van der Waals surface area contributed by atoms with Gasteiger partial charge >= 0.3 is 0 Å². The quantitative estimate of drug-likeness (QED) is 0.896. The summed E-state index contributed by atoms with van der Waals surface area (Å²) in [6.45, 7) is 5.59. The Morgan fingerprint density at radius 1 is 1.42 bits per heavy atom. The molecule has 1 atom stereocenters. The van der Waals surface area contributed by atoms with Crippen LogP contribution < -0.4 is 10.6 Å². The fourth-order valence-electron chi connectivity index (χ4n) is 1.84. The highest BCUT2D eigenvalue weighted by atomic mass is 32.1. The van der Waals surface area contributed by atoms with E-state index < -0.39 is 0 Å². The topological polar surface area (TPSA) is 54.0 Å². The predicted octanol–water partition coefficient (Wildman–Crippen LogP) is 3.58. The van der Waals surface area contributed by atoms with Gasteiger partial charge in [0, 0.05) is 29.4 Å². The maximum Gasteiger partial charge on any atom is 0.221 e. The summed E-state index contributed by atoms with van der Waals surface area (Å²) in [4.78, 5) is 16.3. The van der Waals surface area contributed by atoms with Crippen molar-refractivity contribution in [2.75, 3.05) is 10.6 Å². The Hall–Kier alpha value is -1.88. The van der Waals surface area contributed by atoms with E-state index in [0.29, 0.717) is 0 Å². The average molecular weight is 275 g/mol. The SMILES string of the molecule is CC(=O)Nc1ccc(NC(C)c2cncs2)cc1C. The highest BCUT2D eigenvalue weighted by Gasteiger charge is 2.08. The Kier molecular flexibility index (Phi) is 4.16. The van der Waals surface area contributed by atoms with E-state index in [1.54, 1.807) is 11.3 Å². The first-order valence-electron chi connectivity index (χ1n) is 6.09. The number of nitrogens with one attached hydrogen (secondary N) is 2. The number of benzene rings is 1. The molecule has 1 heterocycles. The molecule has 0 radical (unpaired) electrons. The molecule has 0 aliphatic carbocycles. The number of hydrogen-bond acceptors (Lipinski definition) is 4. The van der Waals surface area contributed by atoms with Gasteiger partial charge in [-0.15, -0.1) is 11.3 Å². The molecule has 0 saturated carbocycles. The van der Waals surface area contributed by atoms with Crippen molar-refractivity contribution in [2.45, 2.75) is 26.8 Å². The van der Waals surface area contributed by atoms with Gasteiger partial charge in [-0.05, 0) is 37.6 Å². The fourth-order valence-corrected chi connectivity index (χ4v) is 2.47. The summed E-state index contributed by atoms with van der Waals surface area (Å²) in [6.07, 6.45) is 1.88. The van der Waals surface area contributed by atoms with Crippen LogP contribution in [-0.2, 0) is 4.79 Å². The molecule has 0 aliphatic rings. The van der Waals surface area contributed by atoms with Gasteiger partial charge < -0.3 is 10.6 Å². The minimum atomic E-state index is -0.0539. The van der Waals surface area contributed by atoms with E-state index in [-0.39, 0.29) is 11.9 Å². The first-order chi connectivity index (χ1) is 9.06. The lowest BCUT2D eigenvalue weighted by molar-refractivity contribution is -0.114. The molecule has 5 heteroatoms. The number of hydrogen-bond donors (Lipinski definition) is 2. The summed E-state index contributed by atoms with van der Waals surface area (Å²) in [7, 11) is 0. The van der Waals surface area contributed by atoms with Crippen molar-refractivity contribution in [2.24, 2.45) is 0 Å². The number of aryl methyl sites for hydroxylation is 1. The van der Waals surface area contributed by atoms with Crippen molar-refractivity contribution in [1.82, 2.24) is 4.98 Å². The zero-order valence-corrected chi connectivity index (χ0v) is 12.0. The van der Waals surface area contributed by atoms with Crippen LogP contribution in [0.2, 0.25) is 0 Å². The number of thiazole rings is 1. The molecule has 0 bridgehead atoms. The van der Waals surface area contributed by atoms with Gasteiger partial charge in [0.1, 0.15) is 0 Å². The maximum absolute atomic E-state index is 11.1. The number of anilines is 2. The Balaban J connectivity index is 2.10. The molecule has 1 aromatic carbocycles. The van der Waals surface area contributed by atoms with E-state index >= 15 is 0 Å². The van der Waals surface area contributed by atoms with E-state index in [2.05, 4.69) is 22.5 Å². The van der Waals surface area contributed by atoms with Gasteiger partial charge in [-0.25, -0.2) is 0 Å². The number of nitrogens with zero attached hydrogens (tertiary/aromatic N) is 1. The van der Waals surface area contributed by atoms with Crippen molar-refractivity contribution >= 4 is 28.6 Å². The molecule has 0 spiro atoms. The van der Waals surface area contributed by atoms with E-state index in [1.165, 1.54) is 11.8 Å². The first-order valence-corrected chi connectivity index (χ1v) is 6.97. The Labute approximate surface area is 116 Å². The Morgan fingerprint density at radius 3 is 2.79 bits per heavy atom. The Morgan fingerprint density at radius 2 is 2.21 bits per heavy atom. The van der Waals surface area contributed by atoms with Crippen LogP contribution in [0.15, 0.2) is 29.9 Å². The van der Waals surface area contributed by atoms with Crippen LogP contribution >= 0.6 is 11.3 Å². The molecule has 4 nitrogen and oxygen atoms in total. The second-order valence-corrected chi connectivity index (χ2v) is 5.40. The van der Waals surface area contributed by atoms with Crippen LogP contribution in [0.3, 0.4) is 0 Å². The molecule has 1 amide bonds. The second kappa shape index (κ2) is 5.84. The lowest BCUT2D eigenvalue weighted by Gasteiger charge is -2.15. The molecule has 19 heavy (non-hydrogen) atoms. The van der Waals surface area contributed by atoms with Crippen molar-refractivity contribution in [3.8, 4) is 0 Å². The van der Waals surface area contributed by atoms with E-state index in [0.717, 1.165) is 16.9 Å². The number of aromatic nitrogens is 1. The zero-order valence-electron chi connectivity index (χ0n) is 11.2. The molecule has 2 rings (SSSR count). The predicted molar refractivity (Wildman–Crippen MR) is 79.6 cm³/mol. The normalized spacial score (nSPS) is 11.9. The maximum atomic E-state index is 11.1. The van der Waals surface area contributed by atoms with Gasteiger partial charge in [0.2, 0.25) is 5.91 Å². The summed E-state index contributed by atoms with van der Waals surface area (Å²) in [5, 5.41) is 6.23. The van der Waals surface area contributed by atoms with Gasteiger partial charge in [0.05, 0.1) is 11.6 Å². The lowest BCUT2D eigenvalue weighted by atomic mass is 10.1. The standard InChI is InChI=1S/C14H17N3OS/c1-9-6-12(4-5-13(9)17-11(3)18)16-10(2)14-7-15-8-19-14/h4-8,10,16H,1-3H3,(H,17,18). The van der Waals surface area contributed by atoms with Crippen LogP contribution in [0, 0.1) is 6.92 Å². The van der Waals surface area contributed by atoms with Gasteiger partial charge in [-0.2, -0.15) is 0 Å². The van der Waals surface area contributed by atoms with Crippen molar-refractivity contribution in [3.63, 3.8) is 0 Å². The third-order valence-electron chi connectivity index (χ3n) is 2.80. The average Bonchev–Trinajstić information content (AvgIpc) is 2.86. The highest BCUT2D eigenvalue weighted by molar-refractivity contribution is 7.09. The number of rotatable bonds is 4. The van der Waals surface area contributed by atoms with Crippen molar-refractivity contribution in [1.29, 1.82) is 0 Å². The number of carbonyl (C=O) groups excluding carboxylic acids is 1. The second-order valence-electron chi connectivity index (χ2n) is 4.48. The van der Waals surface area contributed by atoms with Crippen LogP contribution in [0.4, 0.5) is 11.4 Å². The highest BCUT2D eigenvalue weighted by Crippen LogP contribution is 2.25. The molecule has 100 valence electrons. The number of carbonyl (C=O) groups is 1. The molecule has 0 aliphatic heterocycles. The van der Waals surface area contributed by atoms with Crippen molar-refractivity contribution in [3.05, 3.63) is 40.3 Å². The van der Waals surface area contributed by atoms with Gasteiger partial charge in [0.25, 0.3) is 0 Å². The third-order valence-corrected chi connectivity index (χ3v) is 3.76. The minimum absolute atomic E-state index is 0.0539. The summed E-state index contributed by atoms with van der Waals surface area (Å²) in [5.74, 6) is -0.0539. The lowest BCUT2D eigenvalue weighted by Crippen LogP contribution is -2.08. The molecule has 1 aromatic heterocycles. The monoisotopic (exact) mass is 275 g/mol. The van der Waals surface area contributed by atoms with Crippen molar-refractivity contribution < 1.29 is 4.79 Å². The largest absolute Gasteiger partial charge is 0.378 e. The molecular weight excluding hydrogens is 258 g/mol. The summed E-state index contributed by atoms with van der Waals surface area (Å²) in [5.41, 5.74) is 4.76. The molecular formula is C14H17N3OS. The number of amides is 1. The molecule has 0 fully saturated rings. The van der Waals surface area contributed by atoms with Crippen LogP contribution in [0.5, 0.6) is 0 Å². The molecule has 2 N–H and O–H groups in total. The summed E-state index contributed by atoms with van der Waals surface area (Å²) < 4.78 is 0. The zero-order chi connectivity index (χ0) is 13.8. The van der Waals surface area contributed by atoms with E-state index in [1.807, 2.05) is 36.8 Å². The molecule has 1 unspecified atom stereocenters. The van der Waals surface area contributed by atoms with Gasteiger partial charge in [-0.3, -0.25) is 9.78 Å². The smallest absolute Gasteiger partial charge is 0.221 e. The summed E-state index contributed by atoms with van der Waals surface area (Å²) >= 11 is 1.64. The van der Waals surface area contributed by atoms with Crippen LogP contribution in [0.1, 0.15) is 30.3 Å². The minimum Gasteiger partial charge on any atom is -0.378 e.